The Morgan fingerprint density at radius 2 is 1.30 bits per heavy atom. The first-order chi connectivity index (χ1) is 21.5. The summed E-state index contributed by atoms with van der Waals surface area (Å²) < 4.78 is 76.6. The Labute approximate surface area is 274 Å². The van der Waals surface area contributed by atoms with Gasteiger partial charge in [-0.05, 0) is 39.9 Å². The van der Waals surface area contributed by atoms with Gasteiger partial charge < -0.3 is 0 Å². The van der Waals surface area contributed by atoms with Crippen molar-refractivity contribution in [3.05, 3.63) is 151 Å². The maximum atomic E-state index is 12.9. The molecule has 0 fully saturated rings. The first kappa shape index (κ1) is 32.7. The molecule has 0 saturated heterocycles. The molecule has 7 aromatic rings. The molecule has 1 heterocycles. The first-order valence-corrected chi connectivity index (χ1v) is 13.7. The average molecular weight is 800 g/mol. The van der Waals surface area contributed by atoms with E-state index >= 15 is 0 Å². The van der Waals surface area contributed by atoms with E-state index in [1.165, 1.54) is 35.2 Å². The van der Waals surface area contributed by atoms with Gasteiger partial charge in [-0.3, -0.25) is 9.97 Å². The minimum absolute atomic E-state index is 0. The molecule has 0 amide bonds. The summed E-state index contributed by atoms with van der Waals surface area (Å²) in [4.78, 5) is 8.46. The number of benzene rings is 6. The van der Waals surface area contributed by atoms with E-state index in [9.17, 15) is 26.3 Å². The zero-order valence-electron chi connectivity index (χ0n) is 23.7. The number of nitrogens with zero attached hydrogens (tertiary/aromatic N) is 2. The third-order valence-electron chi connectivity index (χ3n) is 7.26. The van der Waals surface area contributed by atoms with Gasteiger partial charge in [0.1, 0.15) is 0 Å². The summed E-state index contributed by atoms with van der Waals surface area (Å²) in [5.74, 6) is 0.174. The van der Waals surface area contributed by atoms with Crippen LogP contribution >= 0.6 is 0 Å². The molecule has 0 bridgehead atoms. The Morgan fingerprint density at radius 3 is 1.96 bits per heavy atom. The van der Waals surface area contributed by atoms with E-state index in [1.54, 1.807) is 6.07 Å². The largest absolute Gasteiger partial charge is 3.00 e. The van der Waals surface area contributed by atoms with Crippen molar-refractivity contribution in [1.29, 1.82) is 0 Å². The average Bonchev–Trinajstić information content (AvgIpc) is 3.04. The SMILES string of the molecule is FC(F)(F)c1c[c-]c(-c2ncc3c(ccc4cc(C(F)(F)F)ccc43)n2)cc1.[CH2-]c1cc2ccccc2cc1-c1[c-]cccc1.[Ir+3]. The number of fused-ring (bicyclic) bond motifs is 4. The zero-order valence-corrected chi connectivity index (χ0v) is 26.1. The van der Waals surface area contributed by atoms with Crippen molar-refractivity contribution in [3.8, 4) is 22.5 Å². The Morgan fingerprint density at radius 1 is 0.609 bits per heavy atom. The van der Waals surface area contributed by atoms with E-state index in [0.717, 1.165) is 41.0 Å². The van der Waals surface area contributed by atoms with Gasteiger partial charge in [-0.1, -0.05) is 47.9 Å². The number of alkyl halides is 6. The number of hydrogen-bond donors (Lipinski definition) is 0. The molecule has 7 rings (SSSR count). The van der Waals surface area contributed by atoms with Crippen molar-refractivity contribution in [2.75, 3.05) is 0 Å². The van der Waals surface area contributed by atoms with Crippen LogP contribution in [0.5, 0.6) is 0 Å². The van der Waals surface area contributed by atoms with E-state index in [0.29, 0.717) is 21.7 Å². The molecule has 0 spiro atoms. The summed E-state index contributed by atoms with van der Waals surface area (Å²) >= 11 is 0. The van der Waals surface area contributed by atoms with Gasteiger partial charge in [-0.2, -0.15) is 44.9 Å². The van der Waals surface area contributed by atoms with E-state index < -0.39 is 23.5 Å². The van der Waals surface area contributed by atoms with Crippen LogP contribution in [0.15, 0.2) is 115 Å². The minimum atomic E-state index is -4.46. The maximum Gasteiger partial charge on any atom is 3.00 e. The molecular formula is C37H21F6IrN2. The summed E-state index contributed by atoms with van der Waals surface area (Å²) in [6, 6.07) is 35.9. The van der Waals surface area contributed by atoms with Gasteiger partial charge in [0.05, 0.1) is 16.9 Å². The quantitative estimate of drug-likeness (QED) is 0.0989. The second kappa shape index (κ2) is 12.9. The summed E-state index contributed by atoms with van der Waals surface area (Å²) in [7, 11) is 0. The number of aromatic nitrogens is 2. The van der Waals surface area contributed by atoms with Gasteiger partial charge in [0, 0.05) is 11.6 Å². The number of halogens is 6. The second-order valence-electron chi connectivity index (χ2n) is 10.2. The molecule has 0 unspecified atom stereocenters. The third kappa shape index (κ3) is 6.91. The van der Waals surface area contributed by atoms with Crippen molar-refractivity contribution in [1.82, 2.24) is 9.97 Å². The van der Waals surface area contributed by atoms with Crippen LogP contribution in [0.25, 0.3) is 55.0 Å². The topological polar surface area (TPSA) is 25.8 Å². The number of hydrogen-bond acceptors (Lipinski definition) is 2. The van der Waals surface area contributed by atoms with Crippen molar-refractivity contribution in [3.63, 3.8) is 0 Å². The molecule has 2 nitrogen and oxygen atoms in total. The first-order valence-electron chi connectivity index (χ1n) is 13.7. The van der Waals surface area contributed by atoms with E-state index in [2.05, 4.69) is 71.5 Å². The third-order valence-corrected chi connectivity index (χ3v) is 7.26. The molecule has 46 heavy (non-hydrogen) atoms. The Hall–Kier alpha value is -4.72. The smallest absolute Gasteiger partial charge is 0.285 e. The van der Waals surface area contributed by atoms with Crippen LogP contribution in [0.4, 0.5) is 26.3 Å². The summed E-state index contributed by atoms with van der Waals surface area (Å²) in [6.45, 7) is 4.13. The monoisotopic (exact) mass is 800 g/mol. The standard InChI is InChI=1S/C20H9F6N2.C17H12.Ir/c21-19(22,23)13-4-1-11(2-5-13)18-27-10-16-15-7-6-14(20(24,25)26)9-12(15)3-8-17(16)28-18;1-13-11-15-9-5-6-10-16(15)12-17(13)14-7-3-2-4-8-14;/h1,3-10H;2-7,9-12H,1H2;/q-1;-2;+3. The molecule has 0 N–H and O–H groups in total. The van der Waals surface area contributed by atoms with E-state index in [1.807, 2.05) is 18.2 Å². The van der Waals surface area contributed by atoms with Crippen molar-refractivity contribution in [2.24, 2.45) is 0 Å². The maximum absolute atomic E-state index is 12.9. The zero-order chi connectivity index (χ0) is 31.8. The van der Waals surface area contributed by atoms with Crippen LogP contribution in [0.2, 0.25) is 0 Å². The van der Waals surface area contributed by atoms with Crippen LogP contribution in [0, 0.1) is 19.1 Å². The Kier molecular flexibility index (Phi) is 9.19. The van der Waals surface area contributed by atoms with Gasteiger partial charge in [0.2, 0.25) is 0 Å². The normalized spacial score (nSPS) is 11.6. The molecule has 0 aliphatic heterocycles. The molecule has 6 aromatic carbocycles. The van der Waals surface area contributed by atoms with Crippen molar-refractivity contribution < 1.29 is 46.4 Å². The predicted molar refractivity (Wildman–Crippen MR) is 164 cm³/mol. The van der Waals surface area contributed by atoms with Gasteiger partial charge in [-0.15, -0.1) is 71.3 Å². The van der Waals surface area contributed by atoms with Gasteiger partial charge >= 0.3 is 32.5 Å². The molecule has 230 valence electrons. The van der Waals surface area contributed by atoms with Crippen LogP contribution in [0.1, 0.15) is 16.7 Å². The van der Waals surface area contributed by atoms with Crippen molar-refractivity contribution >= 4 is 32.4 Å². The summed E-state index contributed by atoms with van der Waals surface area (Å²) in [6.07, 6.45) is -7.46. The Bertz CT molecular complexity index is 2140. The van der Waals surface area contributed by atoms with Gasteiger partial charge in [-0.25, -0.2) is 0 Å². The molecule has 0 aliphatic carbocycles. The predicted octanol–water partition coefficient (Wildman–Crippen LogP) is 10.8. The fourth-order valence-corrected chi connectivity index (χ4v) is 4.99. The van der Waals surface area contributed by atoms with Gasteiger partial charge in [0.15, 0.2) is 0 Å². The minimum Gasteiger partial charge on any atom is -0.285 e. The van der Waals surface area contributed by atoms with Crippen LogP contribution in [-0.2, 0) is 32.5 Å². The molecule has 1 aromatic heterocycles. The molecular weight excluding hydrogens is 779 g/mol. The summed E-state index contributed by atoms with van der Waals surface area (Å²) in [5.41, 5.74) is 2.46. The Balaban J connectivity index is 0.000000198. The van der Waals surface area contributed by atoms with Crippen molar-refractivity contribution in [2.45, 2.75) is 12.4 Å². The van der Waals surface area contributed by atoms with Crippen LogP contribution in [-0.4, -0.2) is 9.97 Å². The molecule has 0 aliphatic rings. The number of rotatable bonds is 2. The molecule has 0 radical (unpaired) electrons. The van der Waals surface area contributed by atoms with E-state index in [-0.39, 0.29) is 31.5 Å². The fourth-order valence-electron chi connectivity index (χ4n) is 4.99. The van der Waals surface area contributed by atoms with Crippen LogP contribution < -0.4 is 0 Å². The molecule has 9 heteroatoms. The van der Waals surface area contributed by atoms with Crippen LogP contribution in [0.3, 0.4) is 0 Å². The fraction of sp³-hybridized carbons (Fsp3) is 0.0541. The van der Waals surface area contributed by atoms with Gasteiger partial charge in [0.25, 0.3) is 0 Å². The molecule has 0 atom stereocenters. The van der Waals surface area contributed by atoms with E-state index in [4.69, 9.17) is 0 Å². The second-order valence-corrected chi connectivity index (χ2v) is 10.2. The molecule has 0 saturated carbocycles. The summed E-state index contributed by atoms with van der Waals surface area (Å²) in [5, 5.41) is 3.96.